The van der Waals surface area contributed by atoms with Gasteiger partial charge in [0.05, 0.1) is 36.9 Å². The summed E-state index contributed by atoms with van der Waals surface area (Å²) in [6, 6.07) is 8.08. The predicted molar refractivity (Wildman–Crippen MR) is 103 cm³/mol. The molecule has 1 aliphatic rings. The van der Waals surface area contributed by atoms with Crippen molar-refractivity contribution in [2.75, 3.05) is 37.6 Å². The number of aliphatic hydroxyl groups is 1. The van der Waals surface area contributed by atoms with Crippen LogP contribution in [-0.2, 0) is 0 Å². The summed E-state index contributed by atoms with van der Waals surface area (Å²) in [6.45, 7) is 7.34. The number of quaternary nitrogens is 1. The summed E-state index contributed by atoms with van der Waals surface area (Å²) in [4.78, 5) is 3.89. The van der Waals surface area contributed by atoms with E-state index >= 15 is 0 Å². The summed E-state index contributed by atoms with van der Waals surface area (Å²) in [6.07, 6.45) is 8.58. The van der Waals surface area contributed by atoms with E-state index in [-0.39, 0.29) is 18.5 Å². The second-order valence-corrected chi connectivity index (χ2v) is 7.51. The topological polar surface area (TPSA) is 27.9 Å². The minimum absolute atomic E-state index is 0. The standard InChI is InChI=1S/C20H33ClN2O.ClH/c1-2-3-4-5-6-7-10-18(24)17-22-13-15-23(16-14-22)20-12-9-8-11-19(20)21;/h8-9,11-12,18,24H,2-7,10,13-17H2,1H3;1H. The lowest BCUT2D eigenvalue weighted by Gasteiger charge is -2.34. The van der Waals surface area contributed by atoms with Gasteiger partial charge >= 0.3 is 0 Å². The van der Waals surface area contributed by atoms with E-state index in [1.807, 2.05) is 18.2 Å². The fourth-order valence-corrected chi connectivity index (χ4v) is 3.83. The largest absolute Gasteiger partial charge is 1.00 e. The van der Waals surface area contributed by atoms with Crippen LogP contribution in [0.5, 0.6) is 0 Å². The number of hydrogen-bond acceptors (Lipinski definition) is 2. The molecular formula is C20H34Cl2N2O. The van der Waals surface area contributed by atoms with Crippen molar-refractivity contribution in [1.29, 1.82) is 0 Å². The maximum absolute atomic E-state index is 10.3. The Morgan fingerprint density at radius 1 is 1.08 bits per heavy atom. The molecular weight excluding hydrogens is 355 g/mol. The van der Waals surface area contributed by atoms with Crippen LogP contribution in [0.2, 0.25) is 5.02 Å². The molecule has 25 heavy (non-hydrogen) atoms. The highest BCUT2D eigenvalue weighted by Gasteiger charge is 2.23. The Kier molecular flexibility index (Phi) is 11.6. The first-order valence-corrected chi connectivity index (χ1v) is 10.1. The summed E-state index contributed by atoms with van der Waals surface area (Å²) >= 11 is 6.29. The maximum atomic E-state index is 10.3. The number of rotatable bonds is 10. The highest BCUT2D eigenvalue weighted by Crippen LogP contribution is 2.24. The van der Waals surface area contributed by atoms with Crippen LogP contribution in [0.25, 0.3) is 0 Å². The van der Waals surface area contributed by atoms with Crippen molar-refractivity contribution < 1.29 is 22.4 Å². The van der Waals surface area contributed by atoms with Crippen molar-refractivity contribution in [2.45, 2.75) is 58.0 Å². The monoisotopic (exact) mass is 388 g/mol. The van der Waals surface area contributed by atoms with Gasteiger partial charge in [0.15, 0.2) is 0 Å². The Morgan fingerprint density at radius 3 is 2.40 bits per heavy atom. The molecule has 0 saturated carbocycles. The summed E-state index contributed by atoms with van der Waals surface area (Å²) in [5, 5.41) is 11.1. The lowest BCUT2D eigenvalue weighted by Crippen LogP contribution is -3.15. The number of halogens is 2. The Morgan fingerprint density at radius 2 is 1.72 bits per heavy atom. The number of benzene rings is 1. The minimum atomic E-state index is -0.141. The van der Waals surface area contributed by atoms with Gasteiger partial charge in [0.25, 0.3) is 0 Å². The molecule has 0 radical (unpaired) electrons. The average Bonchev–Trinajstić information content (AvgIpc) is 2.59. The average molecular weight is 389 g/mol. The quantitative estimate of drug-likeness (QED) is 0.558. The van der Waals surface area contributed by atoms with Crippen molar-refractivity contribution in [2.24, 2.45) is 0 Å². The minimum Gasteiger partial charge on any atom is -1.00 e. The molecule has 2 N–H and O–H groups in total. The summed E-state index contributed by atoms with van der Waals surface area (Å²) in [7, 11) is 0. The molecule has 0 spiro atoms. The van der Waals surface area contributed by atoms with Crippen molar-refractivity contribution in [3.05, 3.63) is 29.3 Å². The second kappa shape index (κ2) is 12.8. The Bertz CT molecular complexity index is 465. The molecule has 5 heteroatoms. The van der Waals surface area contributed by atoms with E-state index in [4.69, 9.17) is 11.6 Å². The molecule has 1 unspecified atom stereocenters. The van der Waals surface area contributed by atoms with Gasteiger partial charge in [0, 0.05) is 0 Å². The van der Waals surface area contributed by atoms with Crippen molar-refractivity contribution in [3.8, 4) is 0 Å². The van der Waals surface area contributed by atoms with E-state index in [9.17, 15) is 5.11 Å². The van der Waals surface area contributed by atoms with Gasteiger partial charge < -0.3 is 27.3 Å². The van der Waals surface area contributed by atoms with E-state index in [2.05, 4.69) is 17.9 Å². The number of nitrogens with one attached hydrogen (secondary N) is 1. The van der Waals surface area contributed by atoms with Crippen molar-refractivity contribution >= 4 is 17.3 Å². The molecule has 0 aromatic heterocycles. The Labute approximate surface area is 164 Å². The van der Waals surface area contributed by atoms with Gasteiger partial charge in [-0.25, -0.2) is 0 Å². The highest BCUT2D eigenvalue weighted by molar-refractivity contribution is 6.33. The molecule has 1 aromatic carbocycles. The van der Waals surface area contributed by atoms with Crippen LogP contribution in [0.4, 0.5) is 5.69 Å². The molecule has 0 amide bonds. The molecule has 1 saturated heterocycles. The van der Waals surface area contributed by atoms with E-state index < -0.39 is 0 Å². The third-order valence-electron chi connectivity index (χ3n) is 5.08. The molecule has 3 nitrogen and oxygen atoms in total. The van der Waals surface area contributed by atoms with Crippen molar-refractivity contribution in [3.63, 3.8) is 0 Å². The third-order valence-corrected chi connectivity index (χ3v) is 5.40. The summed E-state index contributed by atoms with van der Waals surface area (Å²) < 4.78 is 0. The SMILES string of the molecule is CCCCCCCCC(O)C[NH+]1CCN(c2ccccc2Cl)CC1.[Cl-]. The van der Waals surface area contributed by atoms with Gasteiger partial charge in [-0.05, 0) is 18.6 Å². The van der Waals surface area contributed by atoms with E-state index in [0.717, 1.165) is 49.9 Å². The van der Waals surface area contributed by atoms with Gasteiger partial charge in [-0.3, -0.25) is 0 Å². The second-order valence-electron chi connectivity index (χ2n) is 7.10. The number of nitrogens with zero attached hydrogens (tertiary/aromatic N) is 1. The molecule has 1 heterocycles. The number of piperazine rings is 1. The van der Waals surface area contributed by atoms with Crippen LogP contribution in [0, 0.1) is 0 Å². The van der Waals surface area contributed by atoms with Crippen LogP contribution >= 0.6 is 11.6 Å². The lowest BCUT2D eigenvalue weighted by molar-refractivity contribution is -0.903. The van der Waals surface area contributed by atoms with E-state index in [1.165, 1.54) is 43.4 Å². The maximum Gasteiger partial charge on any atom is 0.104 e. The first kappa shape index (κ1) is 22.6. The number of para-hydroxylation sites is 1. The molecule has 1 fully saturated rings. The molecule has 144 valence electrons. The number of hydrogen-bond donors (Lipinski definition) is 2. The van der Waals surface area contributed by atoms with Crippen LogP contribution in [0.1, 0.15) is 51.9 Å². The van der Waals surface area contributed by atoms with Crippen LogP contribution in [0.15, 0.2) is 24.3 Å². The summed E-state index contributed by atoms with van der Waals surface area (Å²) in [5.41, 5.74) is 1.14. The molecule has 0 bridgehead atoms. The van der Waals surface area contributed by atoms with Crippen LogP contribution in [0.3, 0.4) is 0 Å². The zero-order valence-electron chi connectivity index (χ0n) is 15.5. The molecule has 1 aliphatic heterocycles. The van der Waals surface area contributed by atoms with E-state index in [1.54, 1.807) is 0 Å². The fourth-order valence-electron chi connectivity index (χ4n) is 3.57. The Hall–Kier alpha value is -0.480. The first-order chi connectivity index (χ1) is 11.7. The third kappa shape index (κ3) is 8.17. The zero-order valence-corrected chi connectivity index (χ0v) is 17.0. The van der Waals surface area contributed by atoms with Gasteiger partial charge in [0.1, 0.15) is 12.6 Å². The van der Waals surface area contributed by atoms with E-state index in [0.29, 0.717) is 0 Å². The first-order valence-electron chi connectivity index (χ1n) is 9.71. The normalized spacial score (nSPS) is 16.5. The number of anilines is 1. The highest BCUT2D eigenvalue weighted by atomic mass is 35.5. The van der Waals surface area contributed by atoms with Gasteiger partial charge in [-0.15, -0.1) is 0 Å². The van der Waals surface area contributed by atoms with Gasteiger partial charge in [0.2, 0.25) is 0 Å². The lowest BCUT2D eigenvalue weighted by atomic mass is 10.1. The fraction of sp³-hybridized carbons (Fsp3) is 0.700. The smallest absolute Gasteiger partial charge is 0.104 e. The van der Waals surface area contributed by atoms with Crippen molar-refractivity contribution in [1.82, 2.24) is 0 Å². The molecule has 2 rings (SSSR count). The van der Waals surface area contributed by atoms with Crippen LogP contribution < -0.4 is 22.2 Å². The molecule has 1 aromatic rings. The van der Waals surface area contributed by atoms with Gasteiger partial charge in [-0.2, -0.15) is 0 Å². The van der Waals surface area contributed by atoms with Crippen LogP contribution in [-0.4, -0.2) is 43.9 Å². The Balaban J connectivity index is 0.00000312. The zero-order chi connectivity index (χ0) is 17.2. The molecule has 0 aliphatic carbocycles. The number of unbranched alkanes of at least 4 members (excludes halogenated alkanes) is 5. The van der Waals surface area contributed by atoms with Gasteiger partial charge in [-0.1, -0.05) is 69.2 Å². The summed E-state index contributed by atoms with van der Waals surface area (Å²) in [5.74, 6) is 0. The molecule has 1 atom stereocenters. The number of aliphatic hydroxyl groups excluding tert-OH is 1. The predicted octanol–water partition coefficient (Wildman–Crippen LogP) is 0.160.